The molecule has 0 aliphatic carbocycles. The van der Waals surface area contributed by atoms with Crippen LogP contribution in [0.3, 0.4) is 0 Å². The lowest BCUT2D eigenvalue weighted by molar-refractivity contribution is -0.121. The largest absolute Gasteiger partial charge is 0.457 e. The van der Waals surface area contributed by atoms with E-state index in [4.69, 9.17) is 4.74 Å². The van der Waals surface area contributed by atoms with E-state index >= 15 is 0 Å². The number of hydrogen-bond donors (Lipinski definition) is 1. The fourth-order valence-electron chi connectivity index (χ4n) is 4.22. The Hall–Kier alpha value is -3.53. The van der Waals surface area contributed by atoms with Crippen molar-refractivity contribution in [2.75, 3.05) is 6.54 Å². The maximum Gasteiger partial charge on any atom is 0.220 e. The second kappa shape index (κ2) is 10.4. The van der Waals surface area contributed by atoms with Crippen LogP contribution in [0.1, 0.15) is 44.2 Å². The minimum Gasteiger partial charge on any atom is -0.457 e. The Bertz CT molecular complexity index is 1210. The molecule has 1 N–H and O–H groups in total. The van der Waals surface area contributed by atoms with Crippen molar-refractivity contribution in [2.24, 2.45) is 5.92 Å². The average Bonchev–Trinajstić information content (AvgIpc) is 3.20. The van der Waals surface area contributed by atoms with Crippen molar-refractivity contribution in [3.05, 3.63) is 96.2 Å². The topological polar surface area (TPSA) is 43.3 Å². The van der Waals surface area contributed by atoms with Gasteiger partial charge in [0.25, 0.3) is 0 Å². The predicted molar refractivity (Wildman–Crippen MR) is 135 cm³/mol. The summed E-state index contributed by atoms with van der Waals surface area (Å²) < 4.78 is 8.36. The number of carbonyl (C=O) groups is 1. The smallest absolute Gasteiger partial charge is 0.220 e. The van der Waals surface area contributed by atoms with Gasteiger partial charge in [-0.05, 0) is 54.3 Å². The van der Waals surface area contributed by atoms with Gasteiger partial charge in [-0.25, -0.2) is 0 Å². The molecule has 4 rings (SSSR count). The molecule has 0 saturated heterocycles. The first-order chi connectivity index (χ1) is 16.0. The van der Waals surface area contributed by atoms with E-state index in [9.17, 15) is 4.79 Å². The molecule has 1 heterocycles. The molecule has 0 saturated carbocycles. The Labute approximate surface area is 196 Å². The van der Waals surface area contributed by atoms with Gasteiger partial charge in [-0.1, -0.05) is 62.4 Å². The lowest BCUT2D eigenvalue weighted by Gasteiger charge is -2.19. The molecule has 4 nitrogen and oxygen atoms in total. The van der Waals surface area contributed by atoms with Crippen LogP contribution in [-0.4, -0.2) is 17.0 Å². The van der Waals surface area contributed by atoms with Gasteiger partial charge in [-0.3, -0.25) is 4.79 Å². The van der Waals surface area contributed by atoms with E-state index in [0.717, 1.165) is 23.6 Å². The fraction of sp³-hybridized carbons (Fsp3) is 0.276. The number of ether oxygens (including phenoxy) is 1. The highest BCUT2D eigenvalue weighted by atomic mass is 16.5. The Morgan fingerprint density at radius 3 is 2.42 bits per heavy atom. The van der Waals surface area contributed by atoms with Gasteiger partial charge in [0.15, 0.2) is 0 Å². The third-order valence-electron chi connectivity index (χ3n) is 5.87. The van der Waals surface area contributed by atoms with Crippen LogP contribution in [0.15, 0.2) is 85.1 Å². The molecule has 4 heteroatoms. The van der Waals surface area contributed by atoms with E-state index in [1.165, 1.54) is 16.5 Å². The van der Waals surface area contributed by atoms with Crippen molar-refractivity contribution >= 4 is 16.8 Å². The van der Waals surface area contributed by atoms with Gasteiger partial charge in [-0.2, -0.15) is 0 Å². The van der Waals surface area contributed by atoms with E-state index in [-0.39, 0.29) is 11.8 Å². The lowest BCUT2D eigenvalue weighted by atomic mass is 9.88. The first kappa shape index (κ1) is 22.7. The van der Waals surface area contributed by atoms with Gasteiger partial charge in [0.1, 0.15) is 11.5 Å². The summed E-state index contributed by atoms with van der Waals surface area (Å²) in [5.74, 6) is 1.97. The number of benzene rings is 3. The highest BCUT2D eigenvalue weighted by molar-refractivity contribution is 5.86. The second-order valence-electron chi connectivity index (χ2n) is 8.83. The SMILES string of the molecule is CCn1cc(C(CC(=O)NCC(C)C)c2cccc(Oc3ccccc3)c2)c2ccccc21. The minimum atomic E-state index is -0.0748. The number of nitrogens with one attached hydrogen (secondary N) is 1. The molecule has 1 unspecified atom stereocenters. The Balaban J connectivity index is 1.72. The van der Waals surface area contributed by atoms with Crippen LogP contribution in [0.5, 0.6) is 11.5 Å². The van der Waals surface area contributed by atoms with Crippen LogP contribution in [0.25, 0.3) is 10.9 Å². The highest BCUT2D eigenvalue weighted by Crippen LogP contribution is 2.36. The zero-order valence-electron chi connectivity index (χ0n) is 19.6. The van der Waals surface area contributed by atoms with Gasteiger partial charge in [0.2, 0.25) is 5.91 Å². The molecule has 1 amide bonds. The molecular formula is C29H32N2O2. The van der Waals surface area contributed by atoms with Crippen molar-refractivity contribution < 1.29 is 9.53 Å². The lowest BCUT2D eigenvalue weighted by Crippen LogP contribution is -2.28. The van der Waals surface area contributed by atoms with Gasteiger partial charge in [0, 0.05) is 42.5 Å². The number of aryl methyl sites for hydroxylation is 1. The van der Waals surface area contributed by atoms with Crippen molar-refractivity contribution in [3.8, 4) is 11.5 Å². The van der Waals surface area contributed by atoms with Crippen molar-refractivity contribution in [1.82, 2.24) is 9.88 Å². The number of rotatable bonds is 9. The van der Waals surface area contributed by atoms with Crippen LogP contribution in [0.4, 0.5) is 0 Å². The van der Waals surface area contributed by atoms with Crippen LogP contribution in [0.2, 0.25) is 0 Å². The zero-order valence-corrected chi connectivity index (χ0v) is 19.6. The van der Waals surface area contributed by atoms with Gasteiger partial charge < -0.3 is 14.6 Å². The molecule has 0 spiro atoms. The van der Waals surface area contributed by atoms with E-state index in [1.54, 1.807) is 0 Å². The molecule has 4 aromatic rings. The van der Waals surface area contributed by atoms with Gasteiger partial charge >= 0.3 is 0 Å². The average molecular weight is 441 g/mol. The van der Waals surface area contributed by atoms with Gasteiger partial charge in [0.05, 0.1) is 0 Å². The molecule has 1 atom stereocenters. The molecular weight excluding hydrogens is 408 g/mol. The molecule has 0 aliphatic heterocycles. The van der Waals surface area contributed by atoms with E-state index < -0.39 is 0 Å². The molecule has 33 heavy (non-hydrogen) atoms. The van der Waals surface area contributed by atoms with Crippen LogP contribution < -0.4 is 10.1 Å². The number of hydrogen-bond acceptors (Lipinski definition) is 2. The first-order valence-corrected chi connectivity index (χ1v) is 11.7. The van der Waals surface area contributed by atoms with Crippen LogP contribution in [0, 0.1) is 5.92 Å². The summed E-state index contributed by atoms with van der Waals surface area (Å²) in [6, 6.07) is 26.3. The highest BCUT2D eigenvalue weighted by Gasteiger charge is 2.23. The maximum absolute atomic E-state index is 12.9. The quantitative estimate of drug-likeness (QED) is 0.313. The fourth-order valence-corrected chi connectivity index (χ4v) is 4.22. The number of amides is 1. The Morgan fingerprint density at radius 1 is 0.939 bits per heavy atom. The summed E-state index contributed by atoms with van der Waals surface area (Å²) in [5, 5.41) is 4.29. The molecule has 0 fully saturated rings. The molecule has 0 bridgehead atoms. The van der Waals surface area contributed by atoms with Crippen LogP contribution in [-0.2, 0) is 11.3 Å². The molecule has 170 valence electrons. The molecule has 0 radical (unpaired) electrons. The first-order valence-electron chi connectivity index (χ1n) is 11.7. The summed E-state index contributed by atoms with van der Waals surface area (Å²) in [6.45, 7) is 7.92. The van der Waals surface area contributed by atoms with Crippen molar-refractivity contribution in [1.29, 1.82) is 0 Å². The summed E-state index contributed by atoms with van der Waals surface area (Å²) in [7, 11) is 0. The molecule has 0 aliphatic rings. The summed E-state index contributed by atoms with van der Waals surface area (Å²) in [4.78, 5) is 12.9. The number of aromatic nitrogens is 1. The summed E-state index contributed by atoms with van der Waals surface area (Å²) in [5.41, 5.74) is 3.44. The minimum absolute atomic E-state index is 0.0661. The molecule has 1 aromatic heterocycles. The normalized spacial score (nSPS) is 12.1. The predicted octanol–water partition coefficient (Wildman–Crippen LogP) is 6.75. The zero-order chi connectivity index (χ0) is 23.2. The number of fused-ring (bicyclic) bond motifs is 1. The van der Waals surface area contributed by atoms with Crippen molar-refractivity contribution in [2.45, 2.75) is 39.7 Å². The Kier molecular flexibility index (Phi) is 7.13. The van der Waals surface area contributed by atoms with E-state index in [2.05, 4.69) is 73.3 Å². The third kappa shape index (κ3) is 5.46. The van der Waals surface area contributed by atoms with Crippen molar-refractivity contribution in [3.63, 3.8) is 0 Å². The van der Waals surface area contributed by atoms with Crippen LogP contribution >= 0.6 is 0 Å². The Morgan fingerprint density at radius 2 is 1.67 bits per heavy atom. The standard InChI is InChI=1S/C29H32N2O2/c1-4-31-20-27(25-15-8-9-16-28(25)31)26(18-29(32)30-19-21(2)3)22-11-10-14-24(17-22)33-23-12-6-5-7-13-23/h5-17,20-21,26H,4,18-19H2,1-3H3,(H,30,32). The summed E-state index contributed by atoms with van der Waals surface area (Å²) in [6.07, 6.45) is 2.59. The number of para-hydroxylation sites is 2. The number of nitrogens with zero attached hydrogens (tertiary/aromatic N) is 1. The summed E-state index contributed by atoms with van der Waals surface area (Å²) >= 11 is 0. The third-order valence-corrected chi connectivity index (χ3v) is 5.87. The molecule has 3 aromatic carbocycles. The number of carbonyl (C=O) groups excluding carboxylic acids is 1. The van der Waals surface area contributed by atoms with E-state index in [1.807, 2.05) is 42.5 Å². The van der Waals surface area contributed by atoms with E-state index in [0.29, 0.717) is 18.9 Å². The second-order valence-corrected chi connectivity index (χ2v) is 8.83. The maximum atomic E-state index is 12.9. The monoisotopic (exact) mass is 440 g/mol. The van der Waals surface area contributed by atoms with Gasteiger partial charge in [-0.15, -0.1) is 0 Å².